The topological polar surface area (TPSA) is 89.5 Å². The van der Waals surface area contributed by atoms with Crippen molar-refractivity contribution in [3.05, 3.63) is 78.9 Å². The minimum Gasteiger partial charge on any atom is -0.455 e. The number of para-hydroxylation sites is 3. The van der Waals surface area contributed by atoms with Crippen LogP contribution in [-0.4, -0.2) is 23.1 Å². The summed E-state index contributed by atoms with van der Waals surface area (Å²) in [7, 11) is -7.32. The average Bonchev–Trinajstić information content (AvgIpc) is 2.63. The second-order valence-corrected chi connectivity index (χ2v) is 9.46. The lowest BCUT2D eigenvalue weighted by molar-refractivity contribution is 0.485. The minimum atomic E-state index is -3.92. The number of hydrogen-bond donors (Lipinski definition) is 1. The van der Waals surface area contributed by atoms with Crippen molar-refractivity contribution in [1.29, 1.82) is 0 Å². The minimum absolute atomic E-state index is 0.0502. The molecule has 6 nitrogen and oxygen atoms in total. The normalized spacial score (nSPS) is 11.7. The maximum Gasteiger partial charge on any atom is 0.262 e. The Morgan fingerprint density at radius 2 is 1.26 bits per heavy atom. The summed E-state index contributed by atoms with van der Waals surface area (Å²) in [6.45, 7) is 0. The van der Waals surface area contributed by atoms with Crippen molar-refractivity contribution in [3.8, 4) is 11.5 Å². The molecule has 0 unspecified atom stereocenters. The van der Waals surface area contributed by atoms with E-state index < -0.39 is 19.9 Å². The Labute approximate surface area is 158 Å². The maximum absolute atomic E-state index is 12.7. The van der Waals surface area contributed by atoms with E-state index in [-0.39, 0.29) is 15.5 Å². The molecular weight excluding hydrogens is 386 g/mol. The number of rotatable bonds is 6. The molecule has 0 amide bonds. The Hall–Kier alpha value is -2.84. The molecule has 0 aliphatic rings. The number of sulfone groups is 1. The van der Waals surface area contributed by atoms with E-state index >= 15 is 0 Å². The summed E-state index contributed by atoms with van der Waals surface area (Å²) < 4.78 is 56.6. The second-order valence-electron chi connectivity index (χ2n) is 5.76. The summed E-state index contributed by atoms with van der Waals surface area (Å²) in [6.07, 6.45) is 1.06. The first-order valence-corrected chi connectivity index (χ1v) is 11.3. The van der Waals surface area contributed by atoms with Gasteiger partial charge in [-0.1, -0.05) is 30.3 Å². The Morgan fingerprint density at radius 1 is 0.704 bits per heavy atom. The summed E-state index contributed by atoms with van der Waals surface area (Å²) >= 11 is 0. The largest absolute Gasteiger partial charge is 0.455 e. The molecule has 0 fully saturated rings. The van der Waals surface area contributed by atoms with Crippen LogP contribution in [0.25, 0.3) is 0 Å². The molecule has 0 aromatic heterocycles. The van der Waals surface area contributed by atoms with Crippen molar-refractivity contribution in [2.75, 3.05) is 11.0 Å². The maximum atomic E-state index is 12.7. The molecule has 1 N–H and O–H groups in total. The van der Waals surface area contributed by atoms with Crippen LogP contribution in [0.4, 0.5) is 5.69 Å². The zero-order chi connectivity index (χ0) is 19.5. The molecule has 0 radical (unpaired) electrons. The standard InChI is InChI=1S/C19H17NO5S2/c1-26(21,22)16-11-13-17(14-12-16)27(23,24)20-18-9-5-6-10-19(18)25-15-7-3-2-4-8-15/h2-14,20H,1H3. The van der Waals surface area contributed by atoms with Gasteiger partial charge in [0, 0.05) is 6.26 Å². The summed E-state index contributed by atoms with van der Waals surface area (Å²) in [5, 5.41) is 0. The molecule has 0 saturated heterocycles. The fourth-order valence-corrected chi connectivity index (χ4v) is 4.03. The number of ether oxygens (including phenoxy) is 1. The molecule has 0 spiro atoms. The lowest BCUT2D eigenvalue weighted by Crippen LogP contribution is -2.13. The van der Waals surface area contributed by atoms with Crippen LogP contribution < -0.4 is 9.46 Å². The van der Waals surface area contributed by atoms with Gasteiger partial charge in [0.2, 0.25) is 0 Å². The predicted molar refractivity (Wildman–Crippen MR) is 103 cm³/mol. The molecule has 0 aliphatic carbocycles. The van der Waals surface area contributed by atoms with Crippen LogP contribution in [0, 0.1) is 0 Å². The van der Waals surface area contributed by atoms with Gasteiger partial charge in [0.05, 0.1) is 15.5 Å². The van der Waals surface area contributed by atoms with E-state index in [0.717, 1.165) is 6.26 Å². The quantitative estimate of drug-likeness (QED) is 0.678. The summed E-state index contributed by atoms with van der Waals surface area (Å²) in [6, 6.07) is 20.7. The van der Waals surface area contributed by atoms with Crippen molar-refractivity contribution < 1.29 is 21.6 Å². The Kier molecular flexibility index (Phi) is 5.20. The van der Waals surface area contributed by atoms with Gasteiger partial charge in [0.25, 0.3) is 10.0 Å². The number of benzene rings is 3. The number of sulfonamides is 1. The van der Waals surface area contributed by atoms with Gasteiger partial charge in [-0.05, 0) is 48.5 Å². The van der Waals surface area contributed by atoms with Crippen molar-refractivity contribution in [3.63, 3.8) is 0 Å². The monoisotopic (exact) mass is 403 g/mol. The molecule has 0 atom stereocenters. The summed E-state index contributed by atoms with van der Waals surface area (Å²) in [5.41, 5.74) is 0.272. The van der Waals surface area contributed by atoms with E-state index in [9.17, 15) is 16.8 Å². The van der Waals surface area contributed by atoms with Gasteiger partial charge >= 0.3 is 0 Å². The predicted octanol–water partition coefficient (Wildman–Crippen LogP) is 3.68. The Balaban J connectivity index is 1.88. The Morgan fingerprint density at radius 3 is 1.89 bits per heavy atom. The first-order valence-electron chi connectivity index (χ1n) is 7.90. The molecule has 27 heavy (non-hydrogen) atoms. The average molecular weight is 403 g/mol. The lowest BCUT2D eigenvalue weighted by Gasteiger charge is -2.13. The van der Waals surface area contributed by atoms with Crippen LogP contribution >= 0.6 is 0 Å². The van der Waals surface area contributed by atoms with Gasteiger partial charge in [-0.3, -0.25) is 4.72 Å². The van der Waals surface area contributed by atoms with Gasteiger partial charge in [0.1, 0.15) is 5.75 Å². The van der Waals surface area contributed by atoms with E-state index in [0.29, 0.717) is 11.5 Å². The van der Waals surface area contributed by atoms with Crippen molar-refractivity contribution in [2.45, 2.75) is 9.79 Å². The molecule has 0 bridgehead atoms. The van der Waals surface area contributed by atoms with Crippen LogP contribution in [0.2, 0.25) is 0 Å². The van der Waals surface area contributed by atoms with Gasteiger partial charge in [-0.25, -0.2) is 16.8 Å². The van der Waals surface area contributed by atoms with Crippen LogP contribution in [0.5, 0.6) is 11.5 Å². The fourth-order valence-electron chi connectivity index (χ4n) is 2.33. The molecule has 3 rings (SSSR count). The zero-order valence-corrected chi connectivity index (χ0v) is 16.0. The van der Waals surface area contributed by atoms with Crippen molar-refractivity contribution in [2.24, 2.45) is 0 Å². The molecule has 0 saturated carbocycles. The first kappa shape index (κ1) is 18.9. The molecule has 3 aromatic carbocycles. The molecule has 140 valence electrons. The highest BCUT2D eigenvalue weighted by Crippen LogP contribution is 2.31. The van der Waals surface area contributed by atoms with Crippen LogP contribution in [-0.2, 0) is 19.9 Å². The molecule has 0 heterocycles. The van der Waals surface area contributed by atoms with Gasteiger partial charge in [-0.15, -0.1) is 0 Å². The van der Waals surface area contributed by atoms with Crippen molar-refractivity contribution in [1.82, 2.24) is 0 Å². The summed E-state index contributed by atoms with van der Waals surface area (Å²) in [5.74, 6) is 0.918. The SMILES string of the molecule is CS(=O)(=O)c1ccc(S(=O)(=O)Nc2ccccc2Oc2ccccc2)cc1. The Bertz CT molecular complexity index is 1140. The molecular formula is C19H17NO5S2. The van der Waals surface area contributed by atoms with E-state index in [1.165, 1.54) is 24.3 Å². The van der Waals surface area contributed by atoms with Gasteiger partial charge in [0.15, 0.2) is 15.6 Å². The second kappa shape index (κ2) is 7.42. The van der Waals surface area contributed by atoms with E-state index in [4.69, 9.17) is 4.74 Å². The fraction of sp³-hybridized carbons (Fsp3) is 0.0526. The smallest absolute Gasteiger partial charge is 0.262 e. The van der Waals surface area contributed by atoms with Crippen LogP contribution in [0.15, 0.2) is 88.7 Å². The van der Waals surface area contributed by atoms with Gasteiger partial charge < -0.3 is 4.74 Å². The highest BCUT2D eigenvalue weighted by atomic mass is 32.2. The zero-order valence-electron chi connectivity index (χ0n) is 14.4. The van der Waals surface area contributed by atoms with E-state index in [1.54, 1.807) is 36.4 Å². The highest BCUT2D eigenvalue weighted by Gasteiger charge is 2.18. The van der Waals surface area contributed by atoms with Crippen LogP contribution in [0.1, 0.15) is 0 Å². The van der Waals surface area contributed by atoms with E-state index in [2.05, 4.69) is 4.72 Å². The van der Waals surface area contributed by atoms with Gasteiger partial charge in [-0.2, -0.15) is 0 Å². The number of hydrogen-bond acceptors (Lipinski definition) is 5. The number of anilines is 1. The van der Waals surface area contributed by atoms with Crippen LogP contribution in [0.3, 0.4) is 0 Å². The third kappa shape index (κ3) is 4.66. The number of nitrogens with one attached hydrogen (secondary N) is 1. The highest BCUT2D eigenvalue weighted by molar-refractivity contribution is 7.92. The molecule has 0 aliphatic heterocycles. The molecule has 3 aromatic rings. The van der Waals surface area contributed by atoms with Crippen molar-refractivity contribution >= 4 is 25.5 Å². The third-order valence-corrected chi connectivity index (χ3v) is 6.17. The first-order chi connectivity index (χ1) is 12.8. The molecule has 8 heteroatoms. The third-order valence-electron chi connectivity index (χ3n) is 3.66. The lowest BCUT2D eigenvalue weighted by atomic mass is 10.3. The summed E-state index contributed by atoms with van der Waals surface area (Å²) in [4.78, 5) is -0.00123. The van der Waals surface area contributed by atoms with E-state index in [1.807, 2.05) is 18.2 Å².